The Morgan fingerprint density at radius 3 is 2.36 bits per heavy atom. The van der Waals surface area contributed by atoms with Crippen LogP contribution in [0.4, 0.5) is 0 Å². The molecule has 0 aliphatic heterocycles. The molecule has 0 spiro atoms. The molecule has 0 heterocycles. The van der Waals surface area contributed by atoms with Crippen molar-refractivity contribution in [3.05, 3.63) is 23.3 Å². The lowest BCUT2D eigenvalue weighted by molar-refractivity contribution is 0.385. The van der Waals surface area contributed by atoms with Crippen LogP contribution in [0.25, 0.3) is 0 Å². The minimum Gasteiger partial charge on any atom is -0.496 e. The molecule has 1 aromatic carbocycles. The van der Waals surface area contributed by atoms with Crippen LogP contribution in [0, 0.1) is 6.92 Å². The fourth-order valence-electron chi connectivity index (χ4n) is 1.42. The molecule has 0 radical (unpaired) electrons. The molecule has 0 fully saturated rings. The molecule has 0 aromatic heterocycles. The van der Waals surface area contributed by atoms with Gasteiger partial charge in [0.15, 0.2) is 0 Å². The zero-order valence-corrected chi connectivity index (χ0v) is 9.47. The molecule has 0 aliphatic carbocycles. The summed E-state index contributed by atoms with van der Waals surface area (Å²) >= 11 is 4.18. The van der Waals surface area contributed by atoms with Crippen molar-refractivity contribution in [3.63, 3.8) is 0 Å². The van der Waals surface area contributed by atoms with Gasteiger partial charge in [0.05, 0.1) is 19.6 Å². The predicted octanol–water partition coefficient (Wildman–Crippen LogP) is 1.90. The molecule has 0 bridgehead atoms. The van der Waals surface area contributed by atoms with Crippen molar-refractivity contribution in [2.75, 3.05) is 14.2 Å². The van der Waals surface area contributed by atoms with E-state index in [0.717, 1.165) is 22.6 Å². The van der Waals surface area contributed by atoms with E-state index in [4.69, 9.17) is 15.2 Å². The van der Waals surface area contributed by atoms with E-state index in [9.17, 15) is 0 Å². The Bertz CT molecular complexity index is 326. The maximum Gasteiger partial charge on any atom is 0.131 e. The van der Waals surface area contributed by atoms with E-state index < -0.39 is 0 Å². The second-order valence-corrected chi connectivity index (χ2v) is 3.52. The van der Waals surface area contributed by atoms with Crippen LogP contribution >= 0.6 is 12.6 Å². The summed E-state index contributed by atoms with van der Waals surface area (Å²) in [5, 5.41) is -0.338. The smallest absolute Gasteiger partial charge is 0.131 e. The number of ether oxygens (including phenoxy) is 2. The van der Waals surface area contributed by atoms with E-state index in [-0.39, 0.29) is 5.37 Å². The number of methoxy groups -OCH3 is 2. The summed E-state index contributed by atoms with van der Waals surface area (Å²) in [7, 11) is 3.24. The van der Waals surface area contributed by atoms with Gasteiger partial charge in [-0.15, -0.1) is 0 Å². The first-order chi connectivity index (χ1) is 6.61. The third-order valence-electron chi connectivity index (χ3n) is 2.13. The minimum absolute atomic E-state index is 0.338. The molecule has 2 N–H and O–H groups in total. The highest BCUT2D eigenvalue weighted by Gasteiger charge is 2.13. The van der Waals surface area contributed by atoms with E-state index in [1.54, 1.807) is 14.2 Å². The van der Waals surface area contributed by atoms with Crippen molar-refractivity contribution in [1.82, 2.24) is 0 Å². The van der Waals surface area contributed by atoms with E-state index >= 15 is 0 Å². The number of rotatable bonds is 3. The third-order valence-corrected chi connectivity index (χ3v) is 2.41. The third kappa shape index (κ3) is 1.96. The summed E-state index contributed by atoms with van der Waals surface area (Å²) in [5.41, 5.74) is 7.51. The highest BCUT2D eigenvalue weighted by molar-refractivity contribution is 7.80. The standard InChI is InChI=1S/C10H15NO2S/c1-6-8(12-2)5-4-7(10(11)14)9(6)13-3/h4-5,10,14H,11H2,1-3H3. The summed E-state index contributed by atoms with van der Waals surface area (Å²) in [4.78, 5) is 0. The van der Waals surface area contributed by atoms with E-state index in [1.165, 1.54) is 0 Å². The summed E-state index contributed by atoms with van der Waals surface area (Å²) in [6.07, 6.45) is 0. The lowest BCUT2D eigenvalue weighted by Gasteiger charge is -2.15. The largest absolute Gasteiger partial charge is 0.496 e. The predicted molar refractivity (Wildman–Crippen MR) is 60.2 cm³/mol. The van der Waals surface area contributed by atoms with Gasteiger partial charge < -0.3 is 15.2 Å². The first-order valence-corrected chi connectivity index (χ1v) is 4.78. The molecule has 4 heteroatoms. The fourth-order valence-corrected chi connectivity index (χ4v) is 1.62. The summed E-state index contributed by atoms with van der Waals surface area (Å²) in [6.45, 7) is 1.93. The van der Waals surface area contributed by atoms with Gasteiger partial charge in [-0.1, -0.05) is 0 Å². The van der Waals surface area contributed by atoms with Gasteiger partial charge in [0.2, 0.25) is 0 Å². The van der Waals surface area contributed by atoms with E-state index in [2.05, 4.69) is 12.6 Å². The molecule has 78 valence electrons. The first-order valence-electron chi connectivity index (χ1n) is 4.27. The topological polar surface area (TPSA) is 44.5 Å². The van der Waals surface area contributed by atoms with Crippen molar-refractivity contribution in [1.29, 1.82) is 0 Å². The minimum atomic E-state index is -0.338. The van der Waals surface area contributed by atoms with E-state index in [1.807, 2.05) is 19.1 Å². The Balaban J connectivity index is 3.28. The maximum atomic E-state index is 5.69. The molecule has 1 rings (SSSR count). The van der Waals surface area contributed by atoms with Gasteiger partial charge in [-0.25, -0.2) is 0 Å². The van der Waals surface area contributed by atoms with Crippen molar-refractivity contribution in [3.8, 4) is 11.5 Å². The Labute approximate surface area is 89.6 Å². The highest BCUT2D eigenvalue weighted by Crippen LogP contribution is 2.34. The molecule has 0 saturated carbocycles. The van der Waals surface area contributed by atoms with Gasteiger partial charge in [0.1, 0.15) is 11.5 Å². The van der Waals surface area contributed by atoms with Gasteiger partial charge in [-0.05, 0) is 19.1 Å². The molecule has 0 saturated heterocycles. The van der Waals surface area contributed by atoms with Crippen LogP contribution in [0.1, 0.15) is 16.5 Å². The Morgan fingerprint density at radius 1 is 1.29 bits per heavy atom. The number of hydrogen-bond acceptors (Lipinski definition) is 4. The van der Waals surface area contributed by atoms with Crippen molar-refractivity contribution in [2.24, 2.45) is 5.73 Å². The molecule has 1 aromatic rings. The van der Waals surface area contributed by atoms with Gasteiger partial charge >= 0.3 is 0 Å². The molecule has 1 atom stereocenters. The second kappa shape index (κ2) is 4.57. The van der Waals surface area contributed by atoms with Gasteiger partial charge in [-0.2, -0.15) is 12.6 Å². The SMILES string of the molecule is COc1ccc(C(N)S)c(OC)c1C. The van der Waals surface area contributed by atoms with Crippen LogP contribution in [0.3, 0.4) is 0 Å². The lowest BCUT2D eigenvalue weighted by Crippen LogP contribution is -2.06. The number of thiol groups is 1. The van der Waals surface area contributed by atoms with Crippen LogP contribution in [0.15, 0.2) is 12.1 Å². The highest BCUT2D eigenvalue weighted by atomic mass is 32.1. The zero-order valence-electron chi connectivity index (χ0n) is 8.57. The Morgan fingerprint density at radius 2 is 1.93 bits per heavy atom. The van der Waals surface area contributed by atoms with Crippen LogP contribution in [0.2, 0.25) is 0 Å². The molecular formula is C10H15NO2S. The van der Waals surface area contributed by atoms with Gasteiger partial charge in [0, 0.05) is 11.1 Å². The van der Waals surface area contributed by atoms with Gasteiger partial charge in [-0.3, -0.25) is 0 Å². The summed E-state index contributed by atoms with van der Waals surface area (Å²) in [6, 6.07) is 3.73. The lowest BCUT2D eigenvalue weighted by atomic mass is 10.1. The number of hydrogen-bond donors (Lipinski definition) is 2. The molecular weight excluding hydrogens is 198 g/mol. The molecule has 0 amide bonds. The zero-order chi connectivity index (χ0) is 10.7. The second-order valence-electron chi connectivity index (χ2n) is 2.96. The van der Waals surface area contributed by atoms with Crippen molar-refractivity contribution < 1.29 is 9.47 Å². The average Bonchev–Trinajstić information content (AvgIpc) is 2.17. The van der Waals surface area contributed by atoms with Crippen LogP contribution in [0.5, 0.6) is 11.5 Å². The molecule has 3 nitrogen and oxygen atoms in total. The van der Waals surface area contributed by atoms with Crippen LogP contribution in [-0.4, -0.2) is 14.2 Å². The molecule has 14 heavy (non-hydrogen) atoms. The normalized spacial score (nSPS) is 12.4. The number of nitrogens with two attached hydrogens (primary N) is 1. The van der Waals surface area contributed by atoms with Crippen LogP contribution < -0.4 is 15.2 Å². The monoisotopic (exact) mass is 213 g/mol. The van der Waals surface area contributed by atoms with Crippen LogP contribution in [-0.2, 0) is 0 Å². The summed E-state index contributed by atoms with van der Waals surface area (Å²) in [5.74, 6) is 1.53. The Kier molecular flexibility index (Phi) is 3.66. The Hall–Kier alpha value is -0.870. The van der Waals surface area contributed by atoms with Crippen molar-refractivity contribution >= 4 is 12.6 Å². The average molecular weight is 213 g/mol. The first kappa shape index (κ1) is 11.2. The molecule has 0 aliphatic rings. The fraction of sp³-hybridized carbons (Fsp3) is 0.400. The summed E-state index contributed by atoms with van der Waals surface area (Å²) < 4.78 is 10.4. The van der Waals surface area contributed by atoms with Gasteiger partial charge in [0.25, 0.3) is 0 Å². The van der Waals surface area contributed by atoms with E-state index in [0.29, 0.717) is 0 Å². The number of benzene rings is 1. The maximum absolute atomic E-state index is 5.69. The van der Waals surface area contributed by atoms with Crippen molar-refractivity contribution in [2.45, 2.75) is 12.3 Å². The quantitative estimate of drug-likeness (QED) is 0.595. The molecule has 1 unspecified atom stereocenters.